The first-order chi connectivity index (χ1) is 6.74. The molecule has 0 heterocycles. The Morgan fingerprint density at radius 1 is 1.36 bits per heavy atom. The van der Waals surface area contributed by atoms with Crippen LogP contribution in [-0.4, -0.2) is 17.0 Å². The number of rotatable bonds is 5. The molecular weight excluding hydrogens is 176 g/mol. The highest BCUT2D eigenvalue weighted by Crippen LogP contribution is 2.08. The summed E-state index contributed by atoms with van der Waals surface area (Å²) >= 11 is 0. The predicted octanol–water partition coefficient (Wildman–Crippen LogP) is 2.42. The van der Waals surface area contributed by atoms with Crippen LogP contribution in [-0.2, 0) is 0 Å². The van der Waals surface area contributed by atoms with E-state index >= 15 is 0 Å². The molecule has 0 saturated carbocycles. The average molecular weight is 192 g/mol. The Morgan fingerprint density at radius 3 is 2.57 bits per heavy atom. The lowest BCUT2D eigenvalue weighted by molar-refractivity contribution is 0.0867. The van der Waals surface area contributed by atoms with Gasteiger partial charge in [0.15, 0.2) is 5.78 Å². The van der Waals surface area contributed by atoms with Gasteiger partial charge >= 0.3 is 0 Å². The topological polar surface area (TPSA) is 37.3 Å². The second kappa shape index (κ2) is 5.55. The van der Waals surface area contributed by atoms with Crippen LogP contribution in [0.3, 0.4) is 0 Å². The third-order valence-electron chi connectivity index (χ3n) is 2.14. The average Bonchev–Trinajstić information content (AvgIpc) is 2.19. The molecule has 2 heteroatoms. The van der Waals surface area contributed by atoms with E-state index in [0.29, 0.717) is 12.0 Å². The monoisotopic (exact) mass is 192 g/mol. The number of aliphatic hydroxyl groups excluding tert-OH is 1. The molecule has 0 saturated heterocycles. The molecule has 0 spiro atoms. The quantitative estimate of drug-likeness (QED) is 0.727. The van der Waals surface area contributed by atoms with E-state index in [1.54, 1.807) is 12.1 Å². The summed E-state index contributed by atoms with van der Waals surface area (Å²) in [6.07, 6.45) is 1.34. The summed E-state index contributed by atoms with van der Waals surface area (Å²) in [6, 6.07) is 9.10. The summed E-state index contributed by atoms with van der Waals surface area (Å²) in [4.78, 5) is 11.6. The van der Waals surface area contributed by atoms with Crippen molar-refractivity contribution < 1.29 is 9.90 Å². The van der Waals surface area contributed by atoms with Gasteiger partial charge in [0.2, 0.25) is 0 Å². The standard InChI is InChI=1S/C12H16O2/c1-2-6-11(13)9-12(14)10-7-4-3-5-8-10/h3-5,7-8,11,13H,2,6,9H2,1H3/t11-/m1/s1. The molecule has 0 aliphatic heterocycles. The Hall–Kier alpha value is -1.15. The maximum atomic E-state index is 11.6. The molecule has 1 rings (SSSR count). The van der Waals surface area contributed by atoms with Gasteiger partial charge in [-0.1, -0.05) is 43.7 Å². The second-order valence-corrected chi connectivity index (χ2v) is 3.44. The van der Waals surface area contributed by atoms with Gasteiger partial charge in [0.1, 0.15) is 0 Å². The van der Waals surface area contributed by atoms with Crippen LogP contribution >= 0.6 is 0 Å². The largest absolute Gasteiger partial charge is 0.393 e. The van der Waals surface area contributed by atoms with Gasteiger partial charge in [-0.2, -0.15) is 0 Å². The summed E-state index contributed by atoms with van der Waals surface area (Å²) in [5.74, 6) is 0.0200. The second-order valence-electron chi connectivity index (χ2n) is 3.44. The SMILES string of the molecule is CCC[C@@H](O)CC(=O)c1ccccc1. The molecule has 0 aliphatic carbocycles. The first-order valence-electron chi connectivity index (χ1n) is 5.00. The summed E-state index contributed by atoms with van der Waals surface area (Å²) < 4.78 is 0. The van der Waals surface area contributed by atoms with E-state index in [0.717, 1.165) is 6.42 Å². The minimum absolute atomic E-state index is 0.0200. The lowest BCUT2D eigenvalue weighted by atomic mass is 10.0. The molecule has 76 valence electrons. The molecule has 0 aromatic heterocycles. The Kier molecular flexibility index (Phi) is 4.33. The van der Waals surface area contributed by atoms with E-state index in [-0.39, 0.29) is 12.2 Å². The van der Waals surface area contributed by atoms with Crippen LogP contribution in [0.15, 0.2) is 30.3 Å². The molecule has 1 N–H and O–H groups in total. The maximum absolute atomic E-state index is 11.6. The van der Waals surface area contributed by atoms with Crippen LogP contribution in [0.4, 0.5) is 0 Å². The van der Waals surface area contributed by atoms with Crippen molar-refractivity contribution in [2.24, 2.45) is 0 Å². The van der Waals surface area contributed by atoms with E-state index in [1.807, 2.05) is 25.1 Å². The third-order valence-corrected chi connectivity index (χ3v) is 2.14. The molecule has 14 heavy (non-hydrogen) atoms. The van der Waals surface area contributed by atoms with Crippen molar-refractivity contribution in [2.45, 2.75) is 32.3 Å². The van der Waals surface area contributed by atoms with Crippen LogP contribution in [0.1, 0.15) is 36.5 Å². The van der Waals surface area contributed by atoms with Crippen molar-refractivity contribution in [1.29, 1.82) is 0 Å². The number of ketones is 1. The Labute approximate surface area is 84.6 Å². The minimum Gasteiger partial charge on any atom is -0.393 e. The predicted molar refractivity (Wildman–Crippen MR) is 56.3 cm³/mol. The van der Waals surface area contributed by atoms with E-state index in [4.69, 9.17) is 0 Å². The van der Waals surface area contributed by atoms with Crippen LogP contribution in [0.25, 0.3) is 0 Å². The third kappa shape index (κ3) is 3.30. The minimum atomic E-state index is -0.493. The van der Waals surface area contributed by atoms with Crippen molar-refractivity contribution in [1.82, 2.24) is 0 Å². The molecule has 1 aromatic rings. The molecule has 0 aliphatic rings. The highest BCUT2D eigenvalue weighted by atomic mass is 16.3. The van der Waals surface area contributed by atoms with Gasteiger partial charge in [-0.15, -0.1) is 0 Å². The van der Waals surface area contributed by atoms with Crippen molar-refractivity contribution in [3.8, 4) is 0 Å². The van der Waals surface area contributed by atoms with Crippen molar-refractivity contribution in [2.75, 3.05) is 0 Å². The van der Waals surface area contributed by atoms with E-state index in [1.165, 1.54) is 0 Å². The van der Waals surface area contributed by atoms with Crippen LogP contribution in [0, 0.1) is 0 Å². The Morgan fingerprint density at radius 2 is 2.00 bits per heavy atom. The zero-order chi connectivity index (χ0) is 10.4. The number of hydrogen-bond acceptors (Lipinski definition) is 2. The number of carbonyl (C=O) groups excluding carboxylic acids is 1. The fourth-order valence-electron chi connectivity index (χ4n) is 1.39. The van der Waals surface area contributed by atoms with Crippen molar-refractivity contribution in [3.63, 3.8) is 0 Å². The molecule has 2 nitrogen and oxygen atoms in total. The lowest BCUT2D eigenvalue weighted by Gasteiger charge is -2.07. The zero-order valence-electron chi connectivity index (χ0n) is 8.44. The van der Waals surface area contributed by atoms with Crippen molar-refractivity contribution in [3.05, 3.63) is 35.9 Å². The summed E-state index contributed by atoms with van der Waals surface area (Å²) in [6.45, 7) is 2.00. The number of hydrogen-bond donors (Lipinski definition) is 1. The fourth-order valence-corrected chi connectivity index (χ4v) is 1.39. The van der Waals surface area contributed by atoms with Gasteiger partial charge < -0.3 is 5.11 Å². The molecule has 0 radical (unpaired) electrons. The molecule has 1 atom stereocenters. The van der Waals surface area contributed by atoms with Gasteiger partial charge in [-0.05, 0) is 6.42 Å². The van der Waals surface area contributed by atoms with Gasteiger partial charge in [0.05, 0.1) is 6.10 Å². The zero-order valence-corrected chi connectivity index (χ0v) is 8.44. The van der Waals surface area contributed by atoms with Crippen molar-refractivity contribution >= 4 is 5.78 Å². The number of aliphatic hydroxyl groups is 1. The molecule has 0 unspecified atom stereocenters. The first kappa shape index (κ1) is 10.9. The Bertz CT molecular complexity index is 280. The summed E-state index contributed by atoms with van der Waals surface area (Å²) in [7, 11) is 0. The first-order valence-corrected chi connectivity index (χ1v) is 5.00. The van der Waals surface area contributed by atoms with E-state index in [2.05, 4.69) is 0 Å². The molecule has 0 fully saturated rings. The van der Waals surface area contributed by atoms with Gasteiger partial charge in [0, 0.05) is 12.0 Å². The van der Waals surface area contributed by atoms with Gasteiger partial charge in [-0.3, -0.25) is 4.79 Å². The number of benzene rings is 1. The van der Waals surface area contributed by atoms with Crippen LogP contribution in [0.2, 0.25) is 0 Å². The fraction of sp³-hybridized carbons (Fsp3) is 0.417. The molecule has 0 amide bonds. The Balaban J connectivity index is 2.51. The van der Waals surface area contributed by atoms with E-state index in [9.17, 15) is 9.90 Å². The lowest BCUT2D eigenvalue weighted by Crippen LogP contribution is -2.13. The smallest absolute Gasteiger partial charge is 0.165 e. The highest BCUT2D eigenvalue weighted by molar-refractivity contribution is 5.96. The number of Topliss-reactive ketones (excluding diaryl/α,β-unsaturated/α-hetero) is 1. The van der Waals surface area contributed by atoms with Gasteiger partial charge in [-0.25, -0.2) is 0 Å². The normalized spacial score (nSPS) is 12.4. The molecule has 1 aromatic carbocycles. The van der Waals surface area contributed by atoms with Gasteiger partial charge in [0.25, 0.3) is 0 Å². The van der Waals surface area contributed by atoms with Crippen LogP contribution in [0.5, 0.6) is 0 Å². The van der Waals surface area contributed by atoms with Crippen LogP contribution < -0.4 is 0 Å². The maximum Gasteiger partial charge on any atom is 0.165 e. The summed E-state index contributed by atoms with van der Waals surface area (Å²) in [5.41, 5.74) is 0.683. The highest BCUT2D eigenvalue weighted by Gasteiger charge is 2.11. The molecular formula is C12H16O2. The molecule has 0 bridgehead atoms. The van der Waals surface area contributed by atoms with E-state index < -0.39 is 6.10 Å². The number of carbonyl (C=O) groups is 1. The summed E-state index contributed by atoms with van der Waals surface area (Å²) in [5, 5.41) is 9.46.